The number of furan rings is 1. The predicted octanol–water partition coefficient (Wildman–Crippen LogP) is 3.34. The van der Waals surface area contributed by atoms with Gasteiger partial charge in [0.15, 0.2) is 4.67 Å². The molecule has 0 atom stereocenters. The van der Waals surface area contributed by atoms with Gasteiger partial charge in [-0.2, -0.15) is 0 Å². The lowest BCUT2D eigenvalue weighted by molar-refractivity contribution is 0.0951. The molecule has 84 valence electrons. The lowest BCUT2D eigenvalue weighted by Gasteiger charge is -2.02. The highest BCUT2D eigenvalue weighted by Crippen LogP contribution is 2.16. The van der Waals surface area contributed by atoms with E-state index in [0.29, 0.717) is 16.8 Å². The number of rotatable bonds is 6. The van der Waals surface area contributed by atoms with Gasteiger partial charge >= 0.3 is 0 Å². The van der Waals surface area contributed by atoms with Crippen LogP contribution in [0.2, 0.25) is 0 Å². The van der Waals surface area contributed by atoms with E-state index in [9.17, 15) is 4.79 Å². The monoisotopic (exact) mass is 337 g/mol. The Kier molecular flexibility index (Phi) is 6.02. The number of carbonyl (C=O) groups excluding carboxylic acids is 1. The summed E-state index contributed by atoms with van der Waals surface area (Å²) in [5.41, 5.74) is 0.551. The predicted molar refractivity (Wildman–Crippen MR) is 66.4 cm³/mol. The first kappa shape index (κ1) is 12.8. The molecule has 0 saturated carbocycles. The van der Waals surface area contributed by atoms with Gasteiger partial charge in [-0.15, -0.1) is 0 Å². The molecule has 5 heteroatoms. The molecule has 3 nitrogen and oxygen atoms in total. The van der Waals surface area contributed by atoms with Gasteiger partial charge < -0.3 is 9.73 Å². The molecule has 0 aliphatic carbocycles. The van der Waals surface area contributed by atoms with Gasteiger partial charge in [0.1, 0.15) is 0 Å². The molecule has 0 aromatic carbocycles. The van der Waals surface area contributed by atoms with E-state index in [1.54, 1.807) is 6.07 Å². The highest BCUT2D eigenvalue weighted by molar-refractivity contribution is 9.10. The maximum absolute atomic E-state index is 11.5. The zero-order chi connectivity index (χ0) is 11.1. The van der Waals surface area contributed by atoms with Crippen LogP contribution in [0.1, 0.15) is 29.6 Å². The van der Waals surface area contributed by atoms with Gasteiger partial charge in [0.25, 0.3) is 5.91 Å². The number of halogens is 2. The summed E-state index contributed by atoms with van der Waals surface area (Å²) in [6, 6.07) is 1.65. The molecule has 1 aromatic heterocycles. The fraction of sp³-hybridized carbons (Fsp3) is 0.500. The third kappa shape index (κ3) is 4.38. The van der Waals surface area contributed by atoms with Crippen molar-refractivity contribution in [1.82, 2.24) is 5.32 Å². The molecule has 15 heavy (non-hydrogen) atoms. The van der Waals surface area contributed by atoms with Gasteiger partial charge in [0.2, 0.25) is 0 Å². The van der Waals surface area contributed by atoms with Crippen LogP contribution in [0.5, 0.6) is 0 Å². The summed E-state index contributed by atoms with van der Waals surface area (Å²) in [5.74, 6) is -0.0885. The Labute approximate surface area is 106 Å². The molecule has 0 unspecified atom stereocenters. The fourth-order valence-electron chi connectivity index (χ4n) is 1.15. The molecule has 0 fully saturated rings. The Balaban J connectivity index is 2.22. The molecule has 0 spiro atoms. The van der Waals surface area contributed by atoms with Crippen LogP contribution in [0, 0.1) is 0 Å². The zero-order valence-electron chi connectivity index (χ0n) is 8.26. The number of amides is 1. The first-order valence-electron chi connectivity index (χ1n) is 4.83. The Morgan fingerprint density at radius 1 is 1.40 bits per heavy atom. The van der Waals surface area contributed by atoms with Crippen molar-refractivity contribution in [2.24, 2.45) is 0 Å². The fourth-order valence-corrected chi connectivity index (χ4v) is 1.97. The topological polar surface area (TPSA) is 42.2 Å². The van der Waals surface area contributed by atoms with E-state index in [1.807, 2.05) is 0 Å². The number of unbranched alkanes of at least 4 members (excludes halogenated alkanes) is 2. The van der Waals surface area contributed by atoms with E-state index in [0.717, 1.165) is 24.6 Å². The molecular formula is C10H13Br2NO2. The molecular weight excluding hydrogens is 326 g/mol. The molecule has 1 aromatic rings. The van der Waals surface area contributed by atoms with Gasteiger partial charge in [-0.05, 0) is 34.8 Å². The van der Waals surface area contributed by atoms with E-state index in [2.05, 4.69) is 37.2 Å². The van der Waals surface area contributed by atoms with Crippen LogP contribution < -0.4 is 5.32 Å². The van der Waals surface area contributed by atoms with Gasteiger partial charge in [0, 0.05) is 11.9 Å². The van der Waals surface area contributed by atoms with E-state index in [1.165, 1.54) is 6.26 Å². The summed E-state index contributed by atoms with van der Waals surface area (Å²) < 4.78 is 5.47. The van der Waals surface area contributed by atoms with Crippen molar-refractivity contribution in [2.75, 3.05) is 11.9 Å². The van der Waals surface area contributed by atoms with Gasteiger partial charge in [-0.25, -0.2) is 0 Å². The lowest BCUT2D eigenvalue weighted by atomic mass is 10.2. The summed E-state index contributed by atoms with van der Waals surface area (Å²) in [6.45, 7) is 0.712. The second-order valence-electron chi connectivity index (χ2n) is 3.11. The summed E-state index contributed by atoms with van der Waals surface area (Å²) in [4.78, 5) is 11.5. The van der Waals surface area contributed by atoms with Crippen molar-refractivity contribution >= 4 is 37.8 Å². The quantitative estimate of drug-likeness (QED) is 0.638. The minimum Gasteiger partial charge on any atom is -0.457 e. The molecule has 1 N–H and O–H groups in total. The number of hydrogen-bond acceptors (Lipinski definition) is 2. The van der Waals surface area contributed by atoms with E-state index >= 15 is 0 Å². The standard InChI is InChI=1S/C10H13Br2NO2/c11-5-2-1-3-6-13-10(14)8-4-7-15-9(8)12/h4,7H,1-3,5-6H2,(H,13,14). The Hall–Kier alpha value is -0.290. The molecule has 0 aliphatic heterocycles. The maximum atomic E-state index is 11.5. The van der Waals surface area contributed by atoms with E-state index in [4.69, 9.17) is 4.42 Å². The van der Waals surface area contributed by atoms with Crippen LogP contribution in [0.4, 0.5) is 0 Å². The van der Waals surface area contributed by atoms with Gasteiger partial charge in [-0.3, -0.25) is 4.79 Å². The first-order chi connectivity index (χ1) is 7.25. The SMILES string of the molecule is O=C(NCCCCCBr)c1ccoc1Br. The lowest BCUT2D eigenvalue weighted by Crippen LogP contribution is -2.24. The second kappa shape index (κ2) is 7.06. The molecule has 0 radical (unpaired) electrons. The Morgan fingerprint density at radius 2 is 2.20 bits per heavy atom. The average molecular weight is 339 g/mol. The normalized spacial score (nSPS) is 10.3. The van der Waals surface area contributed by atoms with Crippen LogP contribution in [0.25, 0.3) is 0 Å². The van der Waals surface area contributed by atoms with E-state index < -0.39 is 0 Å². The van der Waals surface area contributed by atoms with Crippen LogP contribution >= 0.6 is 31.9 Å². The second-order valence-corrected chi connectivity index (χ2v) is 4.63. The smallest absolute Gasteiger partial charge is 0.255 e. The zero-order valence-corrected chi connectivity index (χ0v) is 11.4. The van der Waals surface area contributed by atoms with Crippen LogP contribution in [0.3, 0.4) is 0 Å². The number of nitrogens with one attached hydrogen (secondary N) is 1. The molecule has 1 amide bonds. The summed E-state index contributed by atoms with van der Waals surface area (Å²) in [7, 11) is 0. The Morgan fingerprint density at radius 3 is 2.80 bits per heavy atom. The average Bonchev–Trinajstić information content (AvgIpc) is 2.64. The molecule has 1 heterocycles. The molecule has 0 bridgehead atoms. The minimum atomic E-state index is -0.0885. The summed E-state index contributed by atoms with van der Waals surface area (Å²) >= 11 is 6.53. The van der Waals surface area contributed by atoms with Crippen molar-refractivity contribution in [1.29, 1.82) is 0 Å². The minimum absolute atomic E-state index is 0.0885. The van der Waals surface area contributed by atoms with Crippen molar-refractivity contribution in [3.63, 3.8) is 0 Å². The first-order valence-corrected chi connectivity index (χ1v) is 6.74. The van der Waals surface area contributed by atoms with Crippen molar-refractivity contribution in [2.45, 2.75) is 19.3 Å². The number of carbonyl (C=O) groups is 1. The maximum Gasteiger partial charge on any atom is 0.255 e. The van der Waals surface area contributed by atoms with Crippen molar-refractivity contribution in [3.05, 3.63) is 22.6 Å². The highest BCUT2D eigenvalue weighted by Gasteiger charge is 2.11. The van der Waals surface area contributed by atoms with Crippen molar-refractivity contribution < 1.29 is 9.21 Å². The summed E-state index contributed by atoms with van der Waals surface area (Å²) in [5, 5.41) is 3.86. The Bertz CT molecular complexity index is 312. The number of hydrogen-bond donors (Lipinski definition) is 1. The van der Waals surface area contributed by atoms with Crippen LogP contribution in [-0.4, -0.2) is 17.8 Å². The van der Waals surface area contributed by atoms with Crippen molar-refractivity contribution in [3.8, 4) is 0 Å². The third-order valence-corrected chi connectivity index (χ3v) is 3.13. The molecule has 1 rings (SSSR count). The molecule has 0 saturated heterocycles. The third-order valence-electron chi connectivity index (χ3n) is 1.96. The van der Waals surface area contributed by atoms with Crippen LogP contribution in [0.15, 0.2) is 21.4 Å². The largest absolute Gasteiger partial charge is 0.457 e. The van der Waals surface area contributed by atoms with E-state index in [-0.39, 0.29) is 5.91 Å². The molecule has 0 aliphatic rings. The van der Waals surface area contributed by atoms with Gasteiger partial charge in [-0.1, -0.05) is 22.4 Å². The highest BCUT2D eigenvalue weighted by atomic mass is 79.9. The van der Waals surface area contributed by atoms with Crippen LogP contribution in [-0.2, 0) is 0 Å². The number of alkyl halides is 1. The van der Waals surface area contributed by atoms with Gasteiger partial charge in [0.05, 0.1) is 11.8 Å². The summed E-state index contributed by atoms with van der Waals surface area (Å²) in [6.07, 6.45) is 4.76.